The lowest BCUT2D eigenvalue weighted by atomic mass is 9.97. The largest absolute Gasteiger partial charge is 0.378 e. The van der Waals surface area contributed by atoms with Crippen molar-refractivity contribution >= 4 is 16.6 Å². The number of aryl methyl sites for hydroxylation is 1. The average molecular weight is 424 g/mol. The van der Waals surface area contributed by atoms with E-state index < -0.39 is 5.56 Å². The molecular formula is C23H25FN4O3. The second-order valence-electron chi connectivity index (χ2n) is 9.47. The van der Waals surface area contributed by atoms with E-state index in [1.54, 1.807) is 4.57 Å². The number of nitrogens with zero attached hydrogens (tertiary/aromatic N) is 2. The first kappa shape index (κ1) is 18.9. The van der Waals surface area contributed by atoms with E-state index in [0.29, 0.717) is 22.6 Å². The van der Waals surface area contributed by atoms with E-state index in [-0.39, 0.29) is 28.7 Å². The van der Waals surface area contributed by atoms with E-state index in [4.69, 9.17) is 10.3 Å². The molecule has 6 rings (SSSR count). The van der Waals surface area contributed by atoms with Gasteiger partial charge in [-0.3, -0.25) is 9.59 Å². The number of aromatic nitrogens is 2. The number of pyridine rings is 1. The van der Waals surface area contributed by atoms with Gasteiger partial charge < -0.3 is 19.7 Å². The maximum absolute atomic E-state index is 15.6. The van der Waals surface area contributed by atoms with Crippen LogP contribution in [0, 0.1) is 18.7 Å². The van der Waals surface area contributed by atoms with Gasteiger partial charge in [0.25, 0.3) is 11.1 Å². The lowest BCUT2D eigenvalue weighted by Crippen LogP contribution is -2.35. The molecule has 1 saturated heterocycles. The highest BCUT2D eigenvalue weighted by atomic mass is 19.1. The fourth-order valence-electron chi connectivity index (χ4n) is 5.34. The zero-order valence-corrected chi connectivity index (χ0v) is 17.4. The Morgan fingerprint density at radius 3 is 2.61 bits per heavy atom. The van der Waals surface area contributed by atoms with Crippen LogP contribution in [0.2, 0.25) is 0 Å². The van der Waals surface area contributed by atoms with Crippen LogP contribution in [-0.4, -0.2) is 28.4 Å². The highest BCUT2D eigenvalue weighted by Crippen LogP contribution is 2.46. The molecule has 3 aromatic rings. The number of aromatic amines is 1. The van der Waals surface area contributed by atoms with Crippen molar-refractivity contribution in [3.63, 3.8) is 0 Å². The molecule has 0 amide bonds. The molecule has 1 aliphatic heterocycles. The van der Waals surface area contributed by atoms with Gasteiger partial charge in [-0.25, -0.2) is 4.39 Å². The third kappa shape index (κ3) is 2.88. The SMILES string of the molecule is Cc1c(N2CCC(C3(N)CC3)C2)c(F)cc2c(-c3cc(=O)[nH]o3)cc(=O)n(C3CC3)c12. The van der Waals surface area contributed by atoms with Gasteiger partial charge in [-0.05, 0) is 56.6 Å². The average Bonchev–Trinajstić information content (AvgIpc) is 3.61. The van der Waals surface area contributed by atoms with Gasteiger partial charge in [0.1, 0.15) is 5.82 Å². The van der Waals surface area contributed by atoms with Gasteiger partial charge >= 0.3 is 0 Å². The first-order valence-electron chi connectivity index (χ1n) is 11.0. The topological polar surface area (TPSA) is 97.3 Å². The molecule has 3 aliphatic rings. The number of nitrogens with two attached hydrogens (primary N) is 1. The summed E-state index contributed by atoms with van der Waals surface area (Å²) in [5.41, 5.74) is 8.24. The molecule has 8 heteroatoms. The monoisotopic (exact) mass is 424 g/mol. The lowest BCUT2D eigenvalue weighted by Gasteiger charge is -2.25. The van der Waals surface area contributed by atoms with E-state index in [0.717, 1.165) is 56.3 Å². The third-order valence-corrected chi connectivity index (χ3v) is 7.35. The van der Waals surface area contributed by atoms with Crippen LogP contribution in [-0.2, 0) is 0 Å². The Morgan fingerprint density at radius 2 is 1.97 bits per heavy atom. The second kappa shape index (κ2) is 6.32. The Bertz CT molecular complexity index is 1330. The molecule has 1 unspecified atom stereocenters. The van der Waals surface area contributed by atoms with Crippen molar-refractivity contribution < 1.29 is 8.91 Å². The number of benzene rings is 1. The number of hydrogen-bond donors (Lipinski definition) is 2. The molecule has 3 heterocycles. The molecule has 162 valence electrons. The molecule has 0 radical (unpaired) electrons. The maximum atomic E-state index is 15.6. The van der Waals surface area contributed by atoms with E-state index in [9.17, 15) is 9.59 Å². The molecule has 2 aliphatic carbocycles. The maximum Gasteiger partial charge on any atom is 0.280 e. The van der Waals surface area contributed by atoms with Crippen LogP contribution >= 0.6 is 0 Å². The summed E-state index contributed by atoms with van der Waals surface area (Å²) in [7, 11) is 0. The van der Waals surface area contributed by atoms with E-state index in [1.807, 2.05) is 6.92 Å². The molecule has 1 atom stereocenters. The Kier molecular flexibility index (Phi) is 3.85. The van der Waals surface area contributed by atoms with Crippen LogP contribution in [0.25, 0.3) is 22.2 Å². The van der Waals surface area contributed by atoms with Gasteiger partial charge in [-0.15, -0.1) is 0 Å². The minimum Gasteiger partial charge on any atom is -0.378 e. The van der Waals surface area contributed by atoms with Crippen LogP contribution in [0.3, 0.4) is 0 Å². The van der Waals surface area contributed by atoms with E-state index in [2.05, 4.69) is 10.1 Å². The number of halogens is 1. The highest BCUT2D eigenvalue weighted by Gasteiger charge is 2.48. The van der Waals surface area contributed by atoms with Crippen LogP contribution in [0.15, 0.2) is 32.3 Å². The Hall–Kier alpha value is -2.87. The van der Waals surface area contributed by atoms with Crippen LogP contribution < -0.4 is 21.8 Å². The molecule has 0 spiro atoms. The van der Waals surface area contributed by atoms with Crippen molar-refractivity contribution in [3.05, 3.63) is 50.3 Å². The summed E-state index contributed by atoms with van der Waals surface area (Å²) in [6.45, 7) is 3.38. The van der Waals surface area contributed by atoms with Crippen molar-refractivity contribution in [2.75, 3.05) is 18.0 Å². The number of H-pyrrole nitrogens is 1. The summed E-state index contributed by atoms with van der Waals surface area (Å²) in [5, 5.41) is 2.84. The molecule has 3 N–H and O–H groups in total. The minimum absolute atomic E-state index is 0.0922. The van der Waals surface area contributed by atoms with Gasteiger partial charge in [0.05, 0.1) is 17.3 Å². The molecular weight excluding hydrogens is 399 g/mol. The van der Waals surface area contributed by atoms with Crippen molar-refractivity contribution in [2.45, 2.75) is 50.6 Å². The highest BCUT2D eigenvalue weighted by molar-refractivity contribution is 5.98. The normalized spacial score (nSPS) is 22.4. The fourth-order valence-corrected chi connectivity index (χ4v) is 5.34. The van der Waals surface area contributed by atoms with Gasteiger partial charge in [-0.2, -0.15) is 5.16 Å². The third-order valence-electron chi connectivity index (χ3n) is 7.35. The first-order chi connectivity index (χ1) is 14.9. The summed E-state index contributed by atoms with van der Waals surface area (Å²) in [6.07, 6.45) is 4.90. The van der Waals surface area contributed by atoms with E-state index in [1.165, 1.54) is 18.2 Å². The number of fused-ring (bicyclic) bond motifs is 1. The van der Waals surface area contributed by atoms with Crippen molar-refractivity contribution in [1.29, 1.82) is 0 Å². The molecule has 2 aromatic heterocycles. The molecule has 3 fully saturated rings. The molecule has 7 nitrogen and oxygen atoms in total. The molecule has 1 aromatic carbocycles. The summed E-state index contributed by atoms with van der Waals surface area (Å²) in [4.78, 5) is 26.8. The number of anilines is 1. The fraction of sp³-hybridized carbons (Fsp3) is 0.478. The summed E-state index contributed by atoms with van der Waals surface area (Å²) >= 11 is 0. The zero-order chi connectivity index (χ0) is 21.5. The van der Waals surface area contributed by atoms with Crippen LogP contribution in [0.5, 0.6) is 0 Å². The van der Waals surface area contributed by atoms with Gasteiger partial charge in [-0.1, -0.05) is 0 Å². The first-order valence-corrected chi connectivity index (χ1v) is 11.0. The van der Waals surface area contributed by atoms with Gasteiger partial charge in [0.2, 0.25) is 0 Å². The minimum atomic E-state index is -0.401. The molecule has 2 saturated carbocycles. The Labute approximate surface area is 177 Å². The number of hydrogen-bond acceptors (Lipinski definition) is 5. The summed E-state index contributed by atoms with van der Waals surface area (Å²) < 4.78 is 22.6. The predicted octanol–water partition coefficient (Wildman–Crippen LogP) is 3.05. The predicted molar refractivity (Wildman–Crippen MR) is 116 cm³/mol. The van der Waals surface area contributed by atoms with Gasteiger partial charge in [0.15, 0.2) is 5.76 Å². The van der Waals surface area contributed by atoms with Crippen LogP contribution in [0.4, 0.5) is 10.1 Å². The van der Waals surface area contributed by atoms with Crippen molar-refractivity contribution in [3.8, 4) is 11.3 Å². The van der Waals surface area contributed by atoms with Crippen LogP contribution in [0.1, 0.15) is 43.7 Å². The van der Waals surface area contributed by atoms with E-state index >= 15 is 4.39 Å². The smallest absolute Gasteiger partial charge is 0.280 e. The van der Waals surface area contributed by atoms with Gasteiger partial charge in [0, 0.05) is 41.7 Å². The number of rotatable bonds is 4. The summed E-state index contributed by atoms with van der Waals surface area (Å²) in [5.74, 6) is 0.280. The molecule has 31 heavy (non-hydrogen) atoms. The zero-order valence-electron chi connectivity index (χ0n) is 17.4. The second-order valence-corrected chi connectivity index (χ2v) is 9.47. The quantitative estimate of drug-likeness (QED) is 0.671. The van der Waals surface area contributed by atoms with Crippen molar-refractivity contribution in [2.24, 2.45) is 11.7 Å². The lowest BCUT2D eigenvalue weighted by molar-refractivity contribution is 0.426. The summed E-state index contributed by atoms with van der Waals surface area (Å²) in [6, 6.07) is 4.35. The Morgan fingerprint density at radius 1 is 1.19 bits per heavy atom. The number of nitrogens with one attached hydrogen (secondary N) is 1. The molecule has 0 bridgehead atoms. The van der Waals surface area contributed by atoms with Crippen molar-refractivity contribution in [1.82, 2.24) is 9.72 Å². The Balaban J connectivity index is 1.57. The standard InChI is InChI=1S/C23H25FN4O3/c1-12-21-16(8-17(24)22(12)27-7-4-13(11-27)23(25)5-6-23)15(18-10-19(29)26-31-18)9-20(30)28(21)14-2-3-14/h8-10,13-14H,2-7,11,25H2,1H3,(H,26,29).